The quantitative estimate of drug-likeness (QED) is 0.718. The van der Waals surface area contributed by atoms with E-state index in [1.807, 2.05) is 27.7 Å². The fourth-order valence-corrected chi connectivity index (χ4v) is 6.03. The topological polar surface area (TPSA) is 66.9 Å². The maximum absolute atomic E-state index is 13.4. The minimum absolute atomic E-state index is 0.0125. The number of methoxy groups -OCH3 is 1. The summed E-state index contributed by atoms with van der Waals surface area (Å²) in [6.45, 7) is 12.9. The maximum atomic E-state index is 13.4. The van der Waals surface area contributed by atoms with E-state index in [-0.39, 0.29) is 28.6 Å². The lowest BCUT2D eigenvalue weighted by atomic mass is 9.94. The summed E-state index contributed by atoms with van der Waals surface area (Å²) in [5.41, 5.74) is 0.361. The second-order valence-corrected chi connectivity index (χ2v) is 10.4. The molecule has 0 aliphatic carbocycles. The Morgan fingerprint density at radius 2 is 1.64 bits per heavy atom. The van der Waals surface area contributed by atoms with Gasteiger partial charge in [-0.25, -0.2) is 8.42 Å². The van der Waals surface area contributed by atoms with Crippen molar-refractivity contribution in [1.29, 1.82) is 0 Å². The van der Waals surface area contributed by atoms with Gasteiger partial charge in [0.1, 0.15) is 10.6 Å². The maximum Gasteiger partial charge on any atom is 0.254 e. The average molecular weight is 411 g/mol. The molecule has 1 amide bonds. The van der Waals surface area contributed by atoms with Crippen molar-refractivity contribution >= 4 is 15.9 Å². The number of carbonyl (C=O) groups is 1. The Balaban J connectivity index is 2.49. The Morgan fingerprint density at radius 1 is 1.11 bits per heavy atom. The lowest BCUT2D eigenvalue weighted by Gasteiger charge is -2.34. The van der Waals surface area contributed by atoms with Gasteiger partial charge in [0.2, 0.25) is 10.0 Å². The average Bonchev–Trinajstić information content (AvgIpc) is 2.59. The van der Waals surface area contributed by atoms with Gasteiger partial charge in [0.25, 0.3) is 5.91 Å². The normalized spacial score (nSPS) is 21.2. The lowest BCUT2D eigenvalue weighted by Crippen LogP contribution is -2.43. The van der Waals surface area contributed by atoms with Gasteiger partial charge < -0.3 is 9.64 Å². The van der Waals surface area contributed by atoms with Crippen LogP contribution in [0.5, 0.6) is 5.75 Å². The van der Waals surface area contributed by atoms with E-state index >= 15 is 0 Å². The van der Waals surface area contributed by atoms with Crippen molar-refractivity contribution in [2.75, 3.05) is 20.2 Å². The van der Waals surface area contributed by atoms with Crippen LogP contribution in [0.1, 0.15) is 58.3 Å². The highest BCUT2D eigenvalue weighted by Crippen LogP contribution is 2.32. The first kappa shape index (κ1) is 22.7. The number of benzene rings is 1. The molecule has 1 heterocycles. The Hall–Kier alpha value is -1.60. The molecule has 2 atom stereocenters. The number of ether oxygens (including phenoxy) is 1. The molecule has 1 aromatic rings. The van der Waals surface area contributed by atoms with Gasteiger partial charge in [0.05, 0.1) is 7.11 Å². The molecule has 1 aromatic carbocycles. The van der Waals surface area contributed by atoms with E-state index in [2.05, 4.69) is 13.8 Å². The van der Waals surface area contributed by atoms with Crippen LogP contribution in [0.15, 0.2) is 23.1 Å². The zero-order valence-corrected chi connectivity index (χ0v) is 18.9. The summed E-state index contributed by atoms with van der Waals surface area (Å²) in [5, 5.41) is 0. The first-order chi connectivity index (χ1) is 13.0. The number of carbonyl (C=O) groups excluding carboxylic acids is 1. The molecule has 28 heavy (non-hydrogen) atoms. The predicted molar refractivity (Wildman–Crippen MR) is 111 cm³/mol. The summed E-state index contributed by atoms with van der Waals surface area (Å²) in [6.07, 6.45) is 1.01. The van der Waals surface area contributed by atoms with Gasteiger partial charge in [-0.3, -0.25) is 4.79 Å². The van der Waals surface area contributed by atoms with Gasteiger partial charge in [0, 0.05) is 30.7 Å². The molecule has 1 saturated heterocycles. The third-order valence-electron chi connectivity index (χ3n) is 5.21. The SMILES string of the molecule is COc1ccc(C(=O)N(C(C)C)C(C)C)cc1S(=O)(=O)N1CC(C)CC(C)C1. The van der Waals surface area contributed by atoms with Crippen molar-refractivity contribution in [1.82, 2.24) is 9.21 Å². The van der Waals surface area contributed by atoms with E-state index in [1.165, 1.54) is 17.5 Å². The molecular weight excluding hydrogens is 376 g/mol. The van der Waals surface area contributed by atoms with Crippen LogP contribution < -0.4 is 4.74 Å². The second-order valence-electron chi connectivity index (χ2n) is 8.53. The van der Waals surface area contributed by atoms with Crippen molar-refractivity contribution in [3.8, 4) is 5.75 Å². The van der Waals surface area contributed by atoms with Gasteiger partial charge in [-0.05, 0) is 64.2 Å². The van der Waals surface area contributed by atoms with E-state index in [1.54, 1.807) is 17.0 Å². The largest absolute Gasteiger partial charge is 0.495 e. The number of nitrogens with zero attached hydrogens (tertiary/aromatic N) is 2. The van der Waals surface area contributed by atoms with Crippen LogP contribution in [0.3, 0.4) is 0 Å². The number of sulfonamides is 1. The zero-order chi connectivity index (χ0) is 21.2. The van der Waals surface area contributed by atoms with Crippen molar-refractivity contribution in [3.05, 3.63) is 23.8 Å². The van der Waals surface area contributed by atoms with E-state index < -0.39 is 10.0 Å². The van der Waals surface area contributed by atoms with Gasteiger partial charge in [-0.1, -0.05) is 13.8 Å². The van der Waals surface area contributed by atoms with Crippen LogP contribution in [-0.4, -0.2) is 55.8 Å². The lowest BCUT2D eigenvalue weighted by molar-refractivity contribution is 0.0643. The highest BCUT2D eigenvalue weighted by atomic mass is 32.2. The monoisotopic (exact) mass is 410 g/mol. The van der Waals surface area contributed by atoms with Crippen LogP contribution in [0.25, 0.3) is 0 Å². The van der Waals surface area contributed by atoms with Crippen molar-refractivity contribution < 1.29 is 17.9 Å². The standard InChI is InChI=1S/C21H34N2O4S/c1-14(2)23(15(3)4)21(24)18-8-9-19(27-7)20(11-18)28(25,26)22-12-16(5)10-17(6)13-22/h8-9,11,14-17H,10,12-13H2,1-7H3. The van der Waals surface area contributed by atoms with Gasteiger partial charge in [0.15, 0.2) is 0 Å². The number of rotatable bonds is 6. The highest BCUT2D eigenvalue weighted by Gasteiger charge is 2.34. The molecule has 1 aliphatic heterocycles. The van der Waals surface area contributed by atoms with Gasteiger partial charge in [-0.2, -0.15) is 4.31 Å². The fraction of sp³-hybridized carbons (Fsp3) is 0.667. The molecular formula is C21H34N2O4S. The molecule has 158 valence electrons. The summed E-state index contributed by atoms with van der Waals surface area (Å²) < 4.78 is 33.6. The van der Waals surface area contributed by atoms with Crippen molar-refractivity contribution in [2.45, 2.75) is 64.9 Å². The summed E-state index contributed by atoms with van der Waals surface area (Å²) in [4.78, 5) is 14.9. The van der Waals surface area contributed by atoms with Crippen LogP contribution >= 0.6 is 0 Å². The van der Waals surface area contributed by atoms with Crippen molar-refractivity contribution in [3.63, 3.8) is 0 Å². The van der Waals surface area contributed by atoms with Gasteiger partial charge >= 0.3 is 0 Å². The summed E-state index contributed by atoms with van der Waals surface area (Å²) in [6, 6.07) is 4.71. The third-order valence-corrected chi connectivity index (χ3v) is 7.06. The van der Waals surface area contributed by atoms with E-state index in [4.69, 9.17) is 4.74 Å². The van der Waals surface area contributed by atoms with Gasteiger partial charge in [-0.15, -0.1) is 0 Å². The molecule has 0 saturated carbocycles. The van der Waals surface area contributed by atoms with E-state index in [0.29, 0.717) is 30.5 Å². The molecule has 7 heteroatoms. The molecule has 1 fully saturated rings. The molecule has 0 radical (unpaired) electrons. The molecule has 2 rings (SSSR count). The Labute approximate surface area is 169 Å². The van der Waals surface area contributed by atoms with Crippen LogP contribution in [0.4, 0.5) is 0 Å². The molecule has 1 aliphatic rings. The summed E-state index contributed by atoms with van der Waals surface area (Å²) >= 11 is 0. The smallest absolute Gasteiger partial charge is 0.254 e. The predicted octanol–water partition coefficient (Wildman–Crippen LogP) is 3.62. The molecule has 2 unspecified atom stereocenters. The fourth-order valence-electron chi connectivity index (χ4n) is 4.17. The number of hydrogen-bond acceptors (Lipinski definition) is 4. The molecule has 0 bridgehead atoms. The van der Waals surface area contributed by atoms with Crippen LogP contribution in [0, 0.1) is 11.8 Å². The number of hydrogen-bond donors (Lipinski definition) is 0. The Kier molecular flexibility index (Phi) is 7.15. The number of piperidine rings is 1. The summed E-state index contributed by atoms with van der Waals surface area (Å²) in [5.74, 6) is 0.686. The minimum atomic E-state index is -3.76. The molecule has 6 nitrogen and oxygen atoms in total. The Bertz CT molecular complexity index is 787. The third kappa shape index (κ3) is 4.69. The second kappa shape index (κ2) is 8.82. The van der Waals surface area contributed by atoms with Crippen LogP contribution in [-0.2, 0) is 10.0 Å². The summed E-state index contributed by atoms with van der Waals surface area (Å²) in [7, 11) is -2.31. The molecule has 0 aromatic heterocycles. The molecule has 0 spiro atoms. The minimum Gasteiger partial charge on any atom is -0.495 e. The highest BCUT2D eigenvalue weighted by molar-refractivity contribution is 7.89. The van der Waals surface area contributed by atoms with Crippen molar-refractivity contribution in [2.24, 2.45) is 11.8 Å². The first-order valence-corrected chi connectivity index (χ1v) is 11.4. The van der Waals surface area contributed by atoms with E-state index in [0.717, 1.165) is 6.42 Å². The number of amides is 1. The zero-order valence-electron chi connectivity index (χ0n) is 18.1. The first-order valence-electron chi connectivity index (χ1n) is 9.99. The van der Waals surface area contributed by atoms with E-state index in [9.17, 15) is 13.2 Å². The molecule has 0 N–H and O–H groups in total. The van der Waals surface area contributed by atoms with Crippen LogP contribution in [0.2, 0.25) is 0 Å². The Morgan fingerprint density at radius 3 is 2.11 bits per heavy atom.